The minimum atomic E-state index is 0.577. The van der Waals surface area contributed by atoms with E-state index in [-0.39, 0.29) is 0 Å². The molecular formula is C23H17Cl2N7S2. The van der Waals surface area contributed by atoms with Crippen LogP contribution in [-0.4, -0.2) is 20.4 Å². The van der Waals surface area contributed by atoms with Crippen LogP contribution in [0.25, 0.3) is 10.6 Å². The first-order valence-electron chi connectivity index (χ1n) is 10.2. The number of aromatic nitrogens is 4. The molecule has 3 N–H and O–H groups in total. The maximum atomic E-state index is 5.93. The molecule has 3 aromatic carbocycles. The fraction of sp³-hybridized carbons (Fsp3) is 0.0435. The lowest BCUT2D eigenvalue weighted by molar-refractivity contribution is 0.992. The molecule has 0 aliphatic rings. The minimum absolute atomic E-state index is 0.577. The van der Waals surface area contributed by atoms with E-state index in [0.29, 0.717) is 16.6 Å². The lowest BCUT2D eigenvalue weighted by atomic mass is 10.2. The van der Waals surface area contributed by atoms with Crippen molar-refractivity contribution < 1.29 is 0 Å². The molecule has 0 spiro atoms. The zero-order valence-corrected chi connectivity index (χ0v) is 20.6. The summed E-state index contributed by atoms with van der Waals surface area (Å²) >= 11 is 14.8. The highest BCUT2D eigenvalue weighted by molar-refractivity contribution is 7.18. The van der Waals surface area contributed by atoms with E-state index in [4.69, 9.17) is 23.2 Å². The van der Waals surface area contributed by atoms with Crippen LogP contribution in [0, 0.1) is 0 Å². The van der Waals surface area contributed by atoms with Crippen LogP contribution in [0.5, 0.6) is 0 Å². The van der Waals surface area contributed by atoms with Gasteiger partial charge in [0.2, 0.25) is 10.3 Å². The molecule has 0 bridgehead atoms. The van der Waals surface area contributed by atoms with Gasteiger partial charge in [0.15, 0.2) is 0 Å². The summed E-state index contributed by atoms with van der Waals surface area (Å²) in [6.07, 6.45) is 0. The van der Waals surface area contributed by atoms with E-state index < -0.39 is 0 Å². The molecule has 11 heteroatoms. The Labute approximate surface area is 213 Å². The standard InChI is InChI=1S/C23H17Cl2N7S2/c24-15-3-9-18(10-4-15)27-22-31-29-20(33-22)13-26-17-7-1-14(2-8-17)21-30-32-23(34-21)28-19-11-5-16(25)6-12-19/h1-12,26H,13H2,(H,27,31)(H,28,32). The second-order valence-electron chi connectivity index (χ2n) is 7.11. The average molecular weight is 526 g/mol. The van der Waals surface area contributed by atoms with Gasteiger partial charge in [-0.2, -0.15) is 0 Å². The van der Waals surface area contributed by atoms with Crippen molar-refractivity contribution in [3.63, 3.8) is 0 Å². The summed E-state index contributed by atoms with van der Waals surface area (Å²) in [5, 5.41) is 31.4. The lowest BCUT2D eigenvalue weighted by Gasteiger charge is -2.04. The fourth-order valence-corrected chi connectivity index (χ4v) is 4.71. The van der Waals surface area contributed by atoms with Gasteiger partial charge in [-0.15, -0.1) is 20.4 Å². The quantitative estimate of drug-likeness (QED) is 0.193. The molecule has 0 saturated carbocycles. The van der Waals surface area contributed by atoms with Crippen LogP contribution < -0.4 is 16.0 Å². The van der Waals surface area contributed by atoms with Crippen LogP contribution >= 0.6 is 45.9 Å². The summed E-state index contributed by atoms with van der Waals surface area (Å²) in [7, 11) is 0. The van der Waals surface area contributed by atoms with E-state index in [1.54, 1.807) is 0 Å². The van der Waals surface area contributed by atoms with E-state index in [1.807, 2.05) is 72.8 Å². The van der Waals surface area contributed by atoms with Crippen molar-refractivity contribution in [2.24, 2.45) is 0 Å². The first kappa shape index (κ1) is 22.5. The Bertz CT molecular complexity index is 1370. The molecular weight excluding hydrogens is 509 g/mol. The van der Waals surface area contributed by atoms with Crippen LogP contribution in [-0.2, 0) is 6.54 Å². The predicted molar refractivity (Wildman–Crippen MR) is 142 cm³/mol. The van der Waals surface area contributed by atoms with Crippen molar-refractivity contribution in [1.82, 2.24) is 20.4 Å². The minimum Gasteiger partial charge on any atom is -0.378 e. The number of anilines is 5. The van der Waals surface area contributed by atoms with Crippen LogP contribution in [0.15, 0.2) is 72.8 Å². The van der Waals surface area contributed by atoms with E-state index in [1.165, 1.54) is 22.7 Å². The number of hydrogen-bond acceptors (Lipinski definition) is 9. The zero-order chi connectivity index (χ0) is 23.3. The van der Waals surface area contributed by atoms with E-state index in [0.717, 1.165) is 42.9 Å². The van der Waals surface area contributed by atoms with Gasteiger partial charge in [-0.25, -0.2) is 0 Å². The highest BCUT2D eigenvalue weighted by atomic mass is 35.5. The maximum Gasteiger partial charge on any atom is 0.210 e. The monoisotopic (exact) mass is 525 g/mol. The molecule has 0 atom stereocenters. The fourth-order valence-electron chi connectivity index (χ4n) is 2.99. The van der Waals surface area contributed by atoms with Gasteiger partial charge in [0, 0.05) is 32.7 Å². The molecule has 2 aromatic heterocycles. The number of halogens is 2. The van der Waals surface area contributed by atoms with Gasteiger partial charge < -0.3 is 16.0 Å². The van der Waals surface area contributed by atoms with Crippen LogP contribution in [0.3, 0.4) is 0 Å². The van der Waals surface area contributed by atoms with Crippen molar-refractivity contribution >= 4 is 73.2 Å². The first-order chi connectivity index (χ1) is 16.6. The smallest absolute Gasteiger partial charge is 0.210 e. The molecule has 34 heavy (non-hydrogen) atoms. The largest absolute Gasteiger partial charge is 0.378 e. The van der Waals surface area contributed by atoms with Gasteiger partial charge in [0.05, 0.1) is 6.54 Å². The Morgan fingerprint density at radius 3 is 1.74 bits per heavy atom. The Hall–Kier alpha value is -3.24. The normalized spacial score (nSPS) is 10.8. The maximum absolute atomic E-state index is 5.93. The highest BCUT2D eigenvalue weighted by Crippen LogP contribution is 2.30. The Morgan fingerprint density at radius 2 is 1.12 bits per heavy atom. The molecule has 0 fully saturated rings. The van der Waals surface area contributed by atoms with Crippen LogP contribution in [0.2, 0.25) is 10.0 Å². The summed E-state index contributed by atoms with van der Waals surface area (Å²) in [6.45, 7) is 0.577. The second-order valence-corrected chi connectivity index (χ2v) is 10.0. The molecule has 0 saturated heterocycles. The topological polar surface area (TPSA) is 87.7 Å². The number of nitrogens with zero attached hydrogens (tertiary/aromatic N) is 4. The third-order valence-corrected chi connectivity index (χ3v) is 6.89. The molecule has 0 unspecified atom stereocenters. The van der Waals surface area contributed by atoms with E-state index >= 15 is 0 Å². The molecule has 7 nitrogen and oxygen atoms in total. The molecule has 170 valence electrons. The van der Waals surface area contributed by atoms with Crippen LogP contribution in [0.4, 0.5) is 27.3 Å². The van der Waals surface area contributed by atoms with Gasteiger partial charge in [0.25, 0.3) is 0 Å². The number of nitrogens with one attached hydrogen (secondary N) is 3. The number of benzene rings is 3. The summed E-state index contributed by atoms with van der Waals surface area (Å²) < 4.78 is 0. The molecule has 2 heterocycles. The van der Waals surface area contributed by atoms with Crippen LogP contribution in [0.1, 0.15) is 5.01 Å². The Balaban J connectivity index is 1.16. The van der Waals surface area contributed by atoms with E-state index in [9.17, 15) is 0 Å². The van der Waals surface area contributed by atoms with E-state index in [2.05, 4.69) is 36.3 Å². The first-order valence-corrected chi connectivity index (χ1v) is 12.5. The molecule has 5 aromatic rings. The Kier molecular flexibility index (Phi) is 6.87. The summed E-state index contributed by atoms with van der Waals surface area (Å²) in [5.41, 5.74) is 3.81. The van der Waals surface area contributed by atoms with Gasteiger partial charge in [-0.05, 0) is 72.8 Å². The SMILES string of the molecule is Clc1ccc(Nc2nnc(CNc3ccc(-c4nnc(Nc5ccc(Cl)cc5)s4)cc3)s2)cc1. The van der Waals surface area contributed by atoms with Gasteiger partial charge >= 0.3 is 0 Å². The molecule has 0 radical (unpaired) electrons. The number of hydrogen-bond donors (Lipinski definition) is 3. The molecule has 0 aliphatic carbocycles. The van der Waals surface area contributed by atoms with Crippen molar-refractivity contribution in [3.05, 3.63) is 87.8 Å². The number of rotatable bonds is 8. The highest BCUT2D eigenvalue weighted by Gasteiger charge is 2.08. The van der Waals surface area contributed by atoms with Crippen molar-refractivity contribution in [2.75, 3.05) is 16.0 Å². The molecule has 0 aliphatic heterocycles. The summed E-state index contributed by atoms with van der Waals surface area (Å²) in [4.78, 5) is 0. The third kappa shape index (κ3) is 5.81. The molecule has 0 amide bonds. The predicted octanol–water partition coefficient (Wildman–Crippen LogP) is 7.46. The second kappa shape index (κ2) is 10.4. The summed E-state index contributed by atoms with van der Waals surface area (Å²) in [6, 6.07) is 23.0. The molecule has 5 rings (SSSR count). The van der Waals surface area contributed by atoms with Gasteiger partial charge in [-0.1, -0.05) is 45.9 Å². The lowest BCUT2D eigenvalue weighted by Crippen LogP contribution is -1.98. The average Bonchev–Trinajstić information content (AvgIpc) is 3.51. The zero-order valence-electron chi connectivity index (χ0n) is 17.5. The Morgan fingerprint density at radius 1 is 0.588 bits per heavy atom. The van der Waals surface area contributed by atoms with Gasteiger partial charge in [0.1, 0.15) is 10.0 Å². The van der Waals surface area contributed by atoms with Gasteiger partial charge in [-0.3, -0.25) is 0 Å². The third-order valence-electron chi connectivity index (χ3n) is 4.66. The van der Waals surface area contributed by atoms with Crippen molar-refractivity contribution in [2.45, 2.75) is 6.54 Å². The van der Waals surface area contributed by atoms with Crippen molar-refractivity contribution in [3.8, 4) is 10.6 Å². The summed E-state index contributed by atoms with van der Waals surface area (Å²) in [5.74, 6) is 0. The van der Waals surface area contributed by atoms with Crippen molar-refractivity contribution in [1.29, 1.82) is 0 Å².